The van der Waals surface area contributed by atoms with E-state index in [-0.39, 0.29) is 10.9 Å². The molecule has 1 aromatic carbocycles. The fourth-order valence-corrected chi connectivity index (χ4v) is 2.31. The molecule has 0 saturated carbocycles. The highest BCUT2D eigenvalue weighted by atomic mass is 32.2. The summed E-state index contributed by atoms with van der Waals surface area (Å²) in [5.74, 6) is -0.540. The SMILES string of the molecule is CCC(C(=O)Nc1ccccc1SC)C(N)=S. The van der Waals surface area contributed by atoms with Crippen molar-refractivity contribution in [3.8, 4) is 0 Å². The van der Waals surface area contributed by atoms with Crippen LogP contribution >= 0.6 is 24.0 Å². The van der Waals surface area contributed by atoms with Crippen molar-refractivity contribution in [3.63, 3.8) is 0 Å². The van der Waals surface area contributed by atoms with Crippen molar-refractivity contribution in [2.75, 3.05) is 11.6 Å². The highest BCUT2D eigenvalue weighted by molar-refractivity contribution is 7.98. The number of hydrogen-bond donors (Lipinski definition) is 2. The van der Waals surface area contributed by atoms with E-state index in [4.69, 9.17) is 18.0 Å². The van der Waals surface area contributed by atoms with E-state index >= 15 is 0 Å². The van der Waals surface area contributed by atoms with Gasteiger partial charge in [-0.1, -0.05) is 31.3 Å². The Morgan fingerprint density at radius 1 is 1.53 bits per heavy atom. The van der Waals surface area contributed by atoms with Crippen molar-refractivity contribution < 1.29 is 4.79 Å². The number of nitrogens with one attached hydrogen (secondary N) is 1. The number of carbonyl (C=O) groups is 1. The van der Waals surface area contributed by atoms with Gasteiger partial charge in [0.15, 0.2) is 0 Å². The Kier molecular flexibility index (Phi) is 5.44. The maximum atomic E-state index is 12.0. The molecule has 17 heavy (non-hydrogen) atoms. The van der Waals surface area contributed by atoms with E-state index in [1.165, 1.54) is 0 Å². The van der Waals surface area contributed by atoms with Gasteiger partial charge in [-0.05, 0) is 24.8 Å². The summed E-state index contributed by atoms with van der Waals surface area (Å²) in [7, 11) is 0. The summed E-state index contributed by atoms with van der Waals surface area (Å²) in [5, 5.41) is 2.87. The number of hydrogen-bond acceptors (Lipinski definition) is 3. The molecule has 1 rings (SSSR count). The zero-order chi connectivity index (χ0) is 12.8. The lowest BCUT2D eigenvalue weighted by molar-refractivity contribution is -0.118. The first-order valence-electron chi connectivity index (χ1n) is 5.33. The number of thioether (sulfide) groups is 1. The first-order chi connectivity index (χ1) is 8.10. The summed E-state index contributed by atoms with van der Waals surface area (Å²) in [6, 6.07) is 7.65. The van der Waals surface area contributed by atoms with Crippen molar-refractivity contribution in [1.82, 2.24) is 0 Å². The molecule has 5 heteroatoms. The van der Waals surface area contributed by atoms with Gasteiger partial charge in [0.2, 0.25) is 5.91 Å². The summed E-state index contributed by atoms with van der Waals surface area (Å²) >= 11 is 6.47. The number of benzene rings is 1. The summed E-state index contributed by atoms with van der Waals surface area (Å²) in [4.78, 5) is 13.2. The fraction of sp³-hybridized carbons (Fsp3) is 0.333. The molecule has 0 radical (unpaired) electrons. The Morgan fingerprint density at radius 2 is 2.18 bits per heavy atom. The standard InChI is InChI=1S/C12H16N2OS2/c1-3-8(11(13)16)12(15)14-9-6-4-5-7-10(9)17-2/h4-8H,3H2,1-2H3,(H2,13,16)(H,14,15). The third-order valence-electron chi connectivity index (χ3n) is 2.43. The molecule has 1 amide bonds. The largest absolute Gasteiger partial charge is 0.393 e. The fourth-order valence-electron chi connectivity index (χ4n) is 1.48. The second kappa shape index (κ2) is 6.61. The molecule has 0 fully saturated rings. The number of nitrogens with two attached hydrogens (primary N) is 1. The van der Waals surface area contributed by atoms with Crippen LogP contribution in [0.25, 0.3) is 0 Å². The van der Waals surface area contributed by atoms with Gasteiger partial charge in [-0.2, -0.15) is 0 Å². The van der Waals surface area contributed by atoms with E-state index in [2.05, 4.69) is 5.32 Å². The number of amides is 1. The van der Waals surface area contributed by atoms with Crippen LogP contribution in [0.2, 0.25) is 0 Å². The van der Waals surface area contributed by atoms with Crippen LogP contribution in [0.1, 0.15) is 13.3 Å². The predicted molar refractivity (Wildman–Crippen MR) is 77.4 cm³/mol. The highest BCUT2D eigenvalue weighted by Crippen LogP contribution is 2.25. The molecule has 0 heterocycles. The minimum Gasteiger partial charge on any atom is -0.393 e. The molecule has 0 bridgehead atoms. The van der Waals surface area contributed by atoms with E-state index in [1.54, 1.807) is 11.8 Å². The van der Waals surface area contributed by atoms with Crippen molar-refractivity contribution in [2.24, 2.45) is 11.7 Å². The molecular formula is C12H16N2OS2. The molecule has 0 spiro atoms. The number of thiocarbonyl (C=S) groups is 1. The summed E-state index contributed by atoms with van der Waals surface area (Å²) in [6.07, 6.45) is 2.58. The lowest BCUT2D eigenvalue weighted by Crippen LogP contribution is -2.32. The van der Waals surface area contributed by atoms with Gasteiger partial charge in [0, 0.05) is 4.90 Å². The van der Waals surface area contributed by atoms with Gasteiger partial charge in [0.25, 0.3) is 0 Å². The summed E-state index contributed by atoms with van der Waals surface area (Å²) in [5.41, 5.74) is 6.34. The van der Waals surface area contributed by atoms with Gasteiger partial charge in [-0.25, -0.2) is 0 Å². The van der Waals surface area contributed by atoms with Crippen LogP contribution in [0.3, 0.4) is 0 Å². The van der Waals surface area contributed by atoms with Gasteiger partial charge in [0.05, 0.1) is 16.6 Å². The molecule has 3 nitrogen and oxygen atoms in total. The van der Waals surface area contributed by atoms with E-state index in [1.807, 2.05) is 37.4 Å². The molecule has 0 aliphatic rings. The Bertz CT molecular complexity index is 421. The number of rotatable bonds is 5. The Hall–Kier alpha value is -1.07. The monoisotopic (exact) mass is 268 g/mol. The maximum absolute atomic E-state index is 12.0. The van der Waals surface area contributed by atoms with Gasteiger partial charge < -0.3 is 11.1 Å². The molecule has 0 aromatic heterocycles. The molecule has 92 valence electrons. The Balaban J connectivity index is 2.83. The van der Waals surface area contributed by atoms with Gasteiger partial charge in [-0.3, -0.25) is 4.79 Å². The topological polar surface area (TPSA) is 55.1 Å². The quantitative estimate of drug-likeness (QED) is 0.637. The Morgan fingerprint density at radius 3 is 2.71 bits per heavy atom. The van der Waals surface area contributed by atoms with Gasteiger partial charge in [-0.15, -0.1) is 11.8 Å². The first-order valence-corrected chi connectivity index (χ1v) is 6.96. The minimum absolute atomic E-state index is 0.137. The van der Waals surface area contributed by atoms with Crippen LogP contribution in [0, 0.1) is 5.92 Å². The van der Waals surface area contributed by atoms with Crippen LogP contribution in [-0.2, 0) is 4.79 Å². The van der Waals surface area contributed by atoms with Crippen LogP contribution < -0.4 is 11.1 Å². The van der Waals surface area contributed by atoms with E-state index in [9.17, 15) is 4.79 Å². The molecular weight excluding hydrogens is 252 g/mol. The average molecular weight is 268 g/mol. The van der Waals surface area contributed by atoms with E-state index in [0.29, 0.717) is 6.42 Å². The van der Waals surface area contributed by atoms with Crippen LogP contribution in [0.4, 0.5) is 5.69 Å². The van der Waals surface area contributed by atoms with E-state index in [0.717, 1.165) is 10.6 Å². The second-order valence-corrected chi connectivity index (χ2v) is 4.87. The van der Waals surface area contributed by atoms with Crippen LogP contribution in [0.5, 0.6) is 0 Å². The zero-order valence-electron chi connectivity index (χ0n) is 9.90. The van der Waals surface area contributed by atoms with E-state index < -0.39 is 5.92 Å². The highest BCUT2D eigenvalue weighted by Gasteiger charge is 2.19. The van der Waals surface area contributed by atoms with Crippen molar-refractivity contribution in [2.45, 2.75) is 18.2 Å². The molecule has 3 N–H and O–H groups in total. The zero-order valence-corrected chi connectivity index (χ0v) is 11.5. The summed E-state index contributed by atoms with van der Waals surface area (Å²) in [6.45, 7) is 1.89. The van der Waals surface area contributed by atoms with Crippen LogP contribution in [-0.4, -0.2) is 17.2 Å². The van der Waals surface area contributed by atoms with Gasteiger partial charge in [0.1, 0.15) is 0 Å². The average Bonchev–Trinajstić information content (AvgIpc) is 2.30. The van der Waals surface area contributed by atoms with Crippen LogP contribution in [0.15, 0.2) is 29.2 Å². The lowest BCUT2D eigenvalue weighted by Gasteiger charge is -2.15. The van der Waals surface area contributed by atoms with Crippen molar-refractivity contribution in [1.29, 1.82) is 0 Å². The predicted octanol–water partition coefficient (Wildman–Crippen LogP) is 2.66. The molecule has 1 unspecified atom stereocenters. The molecule has 1 atom stereocenters. The maximum Gasteiger partial charge on any atom is 0.234 e. The smallest absolute Gasteiger partial charge is 0.234 e. The Labute approximate surface area is 111 Å². The van der Waals surface area contributed by atoms with Gasteiger partial charge >= 0.3 is 0 Å². The molecule has 0 saturated heterocycles. The third-order valence-corrected chi connectivity index (χ3v) is 3.51. The normalized spacial score (nSPS) is 11.9. The first kappa shape index (κ1) is 14.0. The third kappa shape index (κ3) is 3.71. The minimum atomic E-state index is -0.403. The number of para-hydroxylation sites is 1. The molecule has 0 aliphatic carbocycles. The second-order valence-electron chi connectivity index (χ2n) is 3.55. The lowest BCUT2D eigenvalue weighted by atomic mass is 10.1. The molecule has 1 aromatic rings. The number of anilines is 1. The van der Waals surface area contributed by atoms with Crippen molar-refractivity contribution >= 4 is 40.6 Å². The summed E-state index contributed by atoms with van der Waals surface area (Å²) < 4.78 is 0. The number of carbonyl (C=O) groups excluding carboxylic acids is 1. The van der Waals surface area contributed by atoms with Crippen molar-refractivity contribution in [3.05, 3.63) is 24.3 Å². The molecule has 0 aliphatic heterocycles.